The number of hydrogen-bond donors (Lipinski definition) is 0. The maximum absolute atomic E-state index is 13.6. The van der Waals surface area contributed by atoms with Crippen LogP contribution in [0, 0.1) is 0 Å². The number of amides is 2. The molecule has 0 saturated carbocycles. The summed E-state index contributed by atoms with van der Waals surface area (Å²) in [5.41, 5.74) is 2.23. The molecule has 156 valence electrons. The van der Waals surface area contributed by atoms with Crippen LogP contribution in [-0.4, -0.2) is 11.8 Å². The molecular weight excluding hydrogens is 396 g/mol. The van der Waals surface area contributed by atoms with E-state index >= 15 is 0 Å². The molecule has 0 heterocycles. The number of hydrogen-bond acceptors (Lipinski definition) is 2. The third kappa shape index (κ3) is 4.35. The third-order valence-corrected chi connectivity index (χ3v) is 4.99. The molecule has 0 atom stereocenters. The van der Waals surface area contributed by atoms with E-state index in [9.17, 15) is 9.59 Å². The number of carbonyl (C=O) groups excluding carboxylic acids is 2. The zero-order valence-corrected chi connectivity index (χ0v) is 17.5. The van der Waals surface area contributed by atoms with E-state index in [2.05, 4.69) is 6.58 Å². The van der Waals surface area contributed by atoms with E-state index in [1.165, 1.54) is 9.80 Å². The second-order valence-electron chi connectivity index (χ2n) is 7.10. The maximum Gasteiger partial charge on any atom is 0.263 e. The zero-order chi connectivity index (χ0) is 22.3. The predicted octanol–water partition coefficient (Wildman–Crippen LogP) is 6.15. The molecule has 0 N–H and O–H groups in total. The van der Waals surface area contributed by atoms with E-state index in [0.29, 0.717) is 22.5 Å². The largest absolute Gasteiger partial charge is 0.268 e. The highest BCUT2D eigenvalue weighted by Crippen LogP contribution is 2.28. The predicted molar refractivity (Wildman–Crippen MR) is 129 cm³/mol. The minimum atomic E-state index is -0.274. The Hall–Kier alpha value is -4.44. The van der Waals surface area contributed by atoms with Gasteiger partial charge in [-0.05, 0) is 48.5 Å². The summed E-state index contributed by atoms with van der Waals surface area (Å²) in [6.07, 6.45) is 0. The first kappa shape index (κ1) is 20.8. The molecular formula is C28H22N2O2. The van der Waals surface area contributed by atoms with Crippen LogP contribution in [0.4, 0.5) is 11.4 Å². The number of anilines is 2. The Bertz CT molecular complexity index is 1110. The van der Waals surface area contributed by atoms with E-state index in [1.54, 1.807) is 24.3 Å². The number of para-hydroxylation sites is 2. The molecule has 0 aliphatic rings. The van der Waals surface area contributed by atoms with Gasteiger partial charge in [-0.25, -0.2) is 0 Å². The van der Waals surface area contributed by atoms with Gasteiger partial charge < -0.3 is 0 Å². The highest BCUT2D eigenvalue weighted by Gasteiger charge is 2.29. The fourth-order valence-corrected chi connectivity index (χ4v) is 3.44. The topological polar surface area (TPSA) is 40.6 Å². The highest BCUT2D eigenvalue weighted by atomic mass is 16.2. The lowest BCUT2D eigenvalue weighted by atomic mass is 10.1. The smallest absolute Gasteiger partial charge is 0.263 e. The Morgan fingerprint density at radius 3 is 1.06 bits per heavy atom. The van der Waals surface area contributed by atoms with Gasteiger partial charge in [-0.1, -0.05) is 79.4 Å². The summed E-state index contributed by atoms with van der Waals surface area (Å²) < 4.78 is 0. The van der Waals surface area contributed by atoms with Crippen LogP contribution < -0.4 is 9.80 Å². The molecule has 4 rings (SSSR count). The van der Waals surface area contributed by atoms with Crippen LogP contribution in [-0.2, 0) is 0 Å². The zero-order valence-electron chi connectivity index (χ0n) is 17.5. The van der Waals surface area contributed by atoms with E-state index in [-0.39, 0.29) is 17.6 Å². The summed E-state index contributed by atoms with van der Waals surface area (Å²) in [5.74, 6) is -0.308. The van der Waals surface area contributed by atoms with Gasteiger partial charge in [0.05, 0.1) is 11.4 Å². The fourth-order valence-electron chi connectivity index (χ4n) is 3.44. The van der Waals surface area contributed by atoms with Gasteiger partial charge in [-0.15, -0.1) is 0 Å². The molecule has 32 heavy (non-hydrogen) atoms. The van der Waals surface area contributed by atoms with Crippen molar-refractivity contribution in [1.29, 1.82) is 0 Å². The van der Waals surface area contributed by atoms with E-state index < -0.39 is 0 Å². The molecule has 4 aromatic rings. The molecule has 4 heteroatoms. The number of carbonyl (C=O) groups is 2. The van der Waals surface area contributed by atoms with Crippen LogP contribution in [0.5, 0.6) is 0 Å². The molecule has 2 amide bonds. The van der Waals surface area contributed by atoms with Crippen LogP contribution >= 0.6 is 0 Å². The standard InChI is InChI=1S/C28H22N2O2/c1-22(29(25-18-10-4-11-19-25)27(31)23-14-6-2-7-15-23)30(26-20-12-5-13-21-26)28(32)24-16-8-3-9-17-24/h2-21H,1H2. The minimum absolute atomic E-state index is 0.241. The van der Waals surface area contributed by atoms with Gasteiger partial charge >= 0.3 is 0 Å². The van der Waals surface area contributed by atoms with Gasteiger partial charge in [-0.3, -0.25) is 19.4 Å². The Morgan fingerprint density at radius 2 is 0.750 bits per heavy atom. The molecule has 0 unspecified atom stereocenters. The molecule has 0 aliphatic carbocycles. The second-order valence-corrected chi connectivity index (χ2v) is 7.10. The second kappa shape index (κ2) is 9.58. The van der Waals surface area contributed by atoms with Crippen LogP contribution in [0.2, 0.25) is 0 Å². The number of rotatable bonds is 6. The molecule has 0 bridgehead atoms. The quantitative estimate of drug-likeness (QED) is 0.377. The van der Waals surface area contributed by atoms with Gasteiger partial charge in [0, 0.05) is 11.1 Å². The summed E-state index contributed by atoms with van der Waals surface area (Å²) in [4.78, 5) is 30.2. The van der Waals surface area contributed by atoms with Crippen molar-refractivity contribution in [2.45, 2.75) is 0 Å². The summed E-state index contributed by atoms with van der Waals surface area (Å²) >= 11 is 0. The van der Waals surface area contributed by atoms with Crippen molar-refractivity contribution >= 4 is 23.2 Å². The third-order valence-electron chi connectivity index (χ3n) is 4.99. The van der Waals surface area contributed by atoms with Crippen molar-refractivity contribution in [2.75, 3.05) is 9.80 Å². The number of nitrogens with zero attached hydrogens (tertiary/aromatic N) is 2. The Morgan fingerprint density at radius 1 is 0.469 bits per heavy atom. The molecule has 4 nitrogen and oxygen atoms in total. The Kier molecular flexibility index (Phi) is 6.23. The Labute approximate surface area is 187 Å². The monoisotopic (exact) mass is 418 g/mol. The first-order chi connectivity index (χ1) is 15.7. The lowest BCUT2D eigenvalue weighted by Gasteiger charge is -2.33. The van der Waals surface area contributed by atoms with Crippen LogP contribution in [0.1, 0.15) is 20.7 Å². The Balaban J connectivity index is 1.83. The van der Waals surface area contributed by atoms with E-state index in [0.717, 1.165) is 0 Å². The van der Waals surface area contributed by atoms with Gasteiger partial charge in [0.1, 0.15) is 5.82 Å². The van der Waals surface area contributed by atoms with Crippen molar-refractivity contribution in [2.24, 2.45) is 0 Å². The average molecular weight is 418 g/mol. The summed E-state index contributed by atoms with van der Waals surface area (Å²) in [7, 11) is 0. The van der Waals surface area contributed by atoms with Crippen molar-refractivity contribution in [3.8, 4) is 0 Å². The van der Waals surface area contributed by atoms with E-state index in [1.807, 2.05) is 97.1 Å². The van der Waals surface area contributed by atoms with Crippen molar-refractivity contribution in [3.63, 3.8) is 0 Å². The first-order valence-corrected chi connectivity index (χ1v) is 10.2. The molecule has 0 radical (unpaired) electrons. The fraction of sp³-hybridized carbons (Fsp3) is 0. The maximum atomic E-state index is 13.6. The van der Waals surface area contributed by atoms with Gasteiger partial charge in [0.15, 0.2) is 0 Å². The summed E-state index contributed by atoms with van der Waals surface area (Å²) in [6.45, 7) is 4.21. The van der Waals surface area contributed by atoms with Crippen LogP contribution in [0.25, 0.3) is 0 Å². The minimum Gasteiger partial charge on any atom is -0.268 e. The highest BCUT2D eigenvalue weighted by molar-refractivity contribution is 6.13. The normalized spacial score (nSPS) is 10.2. The van der Waals surface area contributed by atoms with Gasteiger partial charge in [-0.2, -0.15) is 0 Å². The average Bonchev–Trinajstić information content (AvgIpc) is 2.86. The van der Waals surface area contributed by atoms with Crippen molar-refractivity contribution in [1.82, 2.24) is 0 Å². The van der Waals surface area contributed by atoms with Crippen molar-refractivity contribution in [3.05, 3.63) is 145 Å². The molecule has 0 saturated heterocycles. The summed E-state index contributed by atoms with van der Waals surface area (Å²) in [5, 5.41) is 0. The lowest BCUT2D eigenvalue weighted by molar-refractivity contribution is 0.0983. The van der Waals surface area contributed by atoms with Gasteiger partial charge in [0.2, 0.25) is 0 Å². The van der Waals surface area contributed by atoms with E-state index in [4.69, 9.17) is 0 Å². The molecule has 0 spiro atoms. The summed E-state index contributed by atoms with van der Waals surface area (Å²) in [6, 6.07) is 36.4. The lowest BCUT2D eigenvalue weighted by Crippen LogP contribution is -2.42. The molecule has 4 aromatic carbocycles. The van der Waals surface area contributed by atoms with Crippen LogP contribution in [0.15, 0.2) is 134 Å². The van der Waals surface area contributed by atoms with Crippen LogP contribution in [0.3, 0.4) is 0 Å². The SMILES string of the molecule is C=C(N(C(=O)c1ccccc1)c1ccccc1)N(C(=O)c1ccccc1)c1ccccc1. The van der Waals surface area contributed by atoms with Crippen molar-refractivity contribution < 1.29 is 9.59 Å². The molecule has 0 aliphatic heterocycles. The first-order valence-electron chi connectivity index (χ1n) is 10.2. The molecule has 0 aromatic heterocycles. The molecule has 0 fully saturated rings. The number of benzene rings is 4. The van der Waals surface area contributed by atoms with Gasteiger partial charge in [0.25, 0.3) is 11.8 Å².